The SMILES string of the molecule is COc1ccc2[nH]cc(CCNC(C)=O)c2c1.O=P(O)(O)O.O=c1[nH]cnc2[nH]ncc12. The van der Waals surface area contributed by atoms with Crippen LogP contribution in [-0.2, 0) is 15.8 Å². The highest BCUT2D eigenvalue weighted by atomic mass is 31.2. The molecule has 3 aromatic heterocycles. The largest absolute Gasteiger partial charge is 0.497 e. The van der Waals surface area contributed by atoms with Gasteiger partial charge in [-0.1, -0.05) is 0 Å². The molecule has 1 aromatic carbocycles. The predicted octanol–water partition coefficient (Wildman–Crippen LogP) is 0.573. The number of rotatable bonds is 4. The number of H-pyrrole nitrogens is 3. The number of ether oxygens (including phenoxy) is 1. The second kappa shape index (κ2) is 11.2. The molecule has 0 fully saturated rings. The number of hydrogen-bond acceptors (Lipinski definition) is 6. The molecular formula is C18H23N6O7P. The molecule has 13 nitrogen and oxygen atoms in total. The number of hydrogen-bond donors (Lipinski definition) is 7. The van der Waals surface area contributed by atoms with E-state index < -0.39 is 7.82 Å². The summed E-state index contributed by atoms with van der Waals surface area (Å²) < 4.78 is 14.1. The lowest BCUT2D eigenvalue weighted by Crippen LogP contribution is -2.22. The minimum atomic E-state index is -4.64. The summed E-state index contributed by atoms with van der Waals surface area (Å²) in [7, 11) is -2.98. The number of carbonyl (C=O) groups is 1. The van der Waals surface area contributed by atoms with Crippen LogP contribution in [0.2, 0.25) is 0 Å². The highest BCUT2D eigenvalue weighted by Crippen LogP contribution is 2.26. The van der Waals surface area contributed by atoms with E-state index in [1.807, 2.05) is 24.4 Å². The van der Waals surface area contributed by atoms with E-state index in [0.29, 0.717) is 17.6 Å². The highest BCUT2D eigenvalue weighted by Gasteiger charge is 2.05. The number of aromatic nitrogens is 5. The number of benzene rings is 1. The molecular weight excluding hydrogens is 443 g/mol. The average molecular weight is 466 g/mol. The van der Waals surface area contributed by atoms with Crippen molar-refractivity contribution in [3.05, 3.63) is 52.8 Å². The van der Waals surface area contributed by atoms with Crippen molar-refractivity contribution in [2.45, 2.75) is 13.3 Å². The Hall–Kier alpha value is -3.51. The van der Waals surface area contributed by atoms with Gasteiger partial charge >= 0.3 is 7.82 Å². The van der Waals surface area contributed by atoms with Gasteiger partial charge in [0.05, 0.1) is 19.6 Å². The van der Waals surface area contributed by atoms with Crippen LogP contribution in [0.15, 0.2) is 41.7 Å². The fraction of sp³-hybridized carbons (Fsp3) is 0.222. The van der Waals surface area contributed by atoms with E-state index in [0.717, 1.165) is 23.1 Å². The Morgan fingerprint density at radius 2 is 1.94 bits per heavy atom. The smallest absolute Gasteiger partial charge is 0.466 e. The topological polar surface area (TPSA) is 206 Å². The number of nitrogens with zero attached hydrogens (tertiary/aromatic N) is 2. The lowest BCUT2D eigenvalue weighted by molar-refractivity contribution is -0.118. The first kappa shape index (κ1) is 24.8. The fourth-order valence-corrected chi connectivity index (χ4v) is 2.64. The molecule has 0 aliphatic carbocycles. The van der Waals surface area contributed by atoms with Crippen molar-refractivity contribution in [3.63, 3.8) is 0 Å². The molecule has 0 bridgehead atoms. The van der Waals surface area contributed by atoms with Crippen LogP contribution in [0.4, 0.5) is 0 Å². The third-order valence-electron chi connectivity index (χ3n) is 4.00. The molecule has 172 valence electrons. The van der Waals surface area contributed by atoms with Crippen LogP contribution < -0.4 is 15.6 Å². The van der Waals surface area contributed by atoms with Crippen molar-refractivity contribution in [3.8, 4) is 5.75 Å². The minimum absolute atomic E-state index is 0.00224. The Morgan fingerprint density at radius 3 is 2.56 bits per heavy atom. The van der Waals surface area contributed by atoms with Gasteiger partial charge in [-0.05, 0) is 30.2 Å². The molecule has 32 heavy (non-hydrogen) atoms. The Bertz CT molecular complexity index is 1270. The third kappa shape index (κ3) is 7.96. The molecule has 0 radical (unpaired) electrons. The molecule has 1 amide bonds. The molecule has 4 aromatic rings. The second-order valence-corrected chi connectivity index (χ2v) is 7.36. The number of carbonyl (C=O) groups excluding carboxylic acids is 1. The van der Waals surface area contributed by atoms with Gasteiger partial charge in [-0.2, -0.15) is 5.10 Å². The third-order valence-corrected chi connectivity index (χ3v) is 4.00. The van der Waals surface area contributed by atoms with Gasteiger partial charge in [-0.15, -0.1) is 0 Å². The molecule has 0 unspecified atom stereocenters. The van der Waals surface area contributed by atoms with Gasteiger partial charge in [0.15, 0.2) is 5.65 Å². The summed E-state index contributed by atoms with van der Waals surface area (Å²) in [5.41, 5.74) is 2.62. The van der Waals surface area contributed by atoms with Gasteiger partial charge in [0.2, 0.25) is 5.91 Å². The highest BCUT2D eigenvalue weighted by molar-refractivity contribution is 7.45. The maximum Gasteiger partial charge on any atom is 0.466 e. The van der Waals surface area contributed by atoms with Crippen LogP contribution >= 0.6 is 7.82 Å². The number of nitrogens with one attached hydrogen (secondary N) is 4. The molecule has 0 spiro atoms. The van der Waals surface area contributed by atoms with Crippen molar-refractivity contribution in [1.82, 2.24) is 30.5 Å². The summed E-state index contributed by atoms with van der Waals surface area (Å²) in [4.78, 5) is 52.7. The van der Waals surface area contributed by atoms with Crippen LogP contribution in [0, 0.1) is 0 Å². The Kier molecular flexibility index (Phi) is 8.67. The first-order valence-electron chi connectivity index (χ1n) is 9.12. The summed E-state index contributed by atoms with van der Waals surface area (Å²) in [5.74, 6) is 0.847. The lowest BCUT2D eigenvalue weighted by Gasteiger charge is -2.03. The Labute approximate surface area is 181 Å². The van der Waals surface area contributed by atoms with Crippen molar-refractivity contribution in [2.75, 3.05) is 13.7 Å². The molecule has 3 heterocycles. The molecule has 0 atom stereocenters. The zero-order chi connectivity index (χ0) is 23.7. The summed E-state index contributed by atoms with van der Waals surface area (Å²) in [5, 5.41) is 10.7. The molecule has 0 saturated heterocycles. The molecule has 0 aliphatic heterocycles. The Balaban J connectivity index is 0.000000203. The fourth-order valence-electron chi connectivity index (χ4n) is 2.64. The van der Waals surface area contributed by atoms with Crippen LogP contribution in [0.5, 0.6) is 5.75 Å². The van der Waals surface area contributed by atoms with Gasteiger partial charge in [-0.25, -0.2) is 9.55 Å². The zero-order valence-corrected chi connectivity index (χ0v) is 18.1. The van der Waals surface area contributed by atoms with Gasteiger partial charge in [-0.3, -0.25) is 14.7 Å². The normalized spacial score (nSPS) is 10.7. The lowest BCUT2D eigenvalue weighted by atomic mass is 10.1. The van der Waals surface area contributed by atoms with E-state index in [2.05, 4.69) is 30.5 Å². The van der Waals surface area contributed by atoms with Gasteiger partial charge in [0.1, 0.15) is 11.1 Å². The van der Waals surface area contributed by atoms with Crippen LogP contribution in [0.3, 0.4) is 0 Å². The number of amides is 1. The number of fused-ring (bicyclic) bond motifs is 2. The first-order chi connectivity index (χ1) is 15.1. The second-order valence-electron chi connectivity index (χ2n) is 6.34. The van der Waals surface area contributed by atoms with Gasteiger partial charge in [0, 0.05) is 30.6 Å². The summed E-state index contributed by atoms with van der Waals surface area (Å²) in [6.45, 7) is 2.18. The standard InChI is InChI=1S/C13H16N2O2.C5H4N4O.H3O4P/c1-9(16)14-6-5-10-8-15-13-4-3-11(17-2)7-12(10)13;10-5-3-1-8-9-4(3)6-2-7-5;1-5(2,3)4/h3-4,7-8,15H,5-6H2,1-2H3,(H,14,16);1-2H,(H2,6,7,8,9,10);(H3,1,2,3,4). The van der Waals surface area contributed by atoms with Crippen molar-refractivity contribution in [1.29, 1.82) is 0 Å². The van der Waals surface area contributed by atoms with E-state index in [9.17, 15) is 9.59 Å². The number of methoxy groups -OCH3 is 1. The van der Waals surface area contributed by atoms with Crippen LogP contribution in [0.25, 0.3) is 21.9 Å². The van der Waals surface area contributed by atoms with E-state index >= 15 is 0 Å². The van der Waals surface area contributed by atoms with Crippen LogP contribution in [0.1, 0.15) is 12.5 Å². The maximum atomic E-state index is 10.9. The molecule has 0 aliphatic rings. The van der Waals surface area contributed by atoms with Crippen molar-refractivity contribution in [2.24, 2.45) is 0 Å². The Morgan fingerprint density at radius 1 is 1.22 bits per heavy atom. The monoisotopic (exact) mass is 466 g/mol. The minimum Gasteiger partial charge on any atom is -0.497 e. The quantitative estimate of drug-likeness (QED) is 0.210. The van der Waals surface area contributed by atoms with E-state index in [-0.39, 0.29) is 11.5 Å². The van der Waals surface area contributed by atoms with Crippen molar-refractivity contribution >= 4 is 35.7 Å². The van der Waals surface area contributed by atoms with Gasteiger partial charge < -0.3 is 34.7 Å². The maximum absolute atomic E-state index is 10.9. The molecule has 0 saturated carbocycles. The zero-order valence-electron chi connectivity index (χ0n) is 17.2. The van der Waals surface area contributed by atoms with E-state index in [4.69, 9.17) is 24.0 Å². The number of phosphoric acid groups is 1. The molecule has 4 rings (SSSR count). The summed E-state index contributed by atoms with van der Waals surface area (Å²) >= 11 is 0. The number of aromatic amines is 3. The van der Waals surface area contributed by atoms with E-state index in [1.165, 1.54) is 25.0 Å². The summed E-state index contributed by atoms with van der Waals surface area (Å²) in [6.07, 6.45) is 5.57. The predicted molar refractivity (Wildman–Crippen MR) is 116 cm³/mol. The first-order valence-corrected chi connectivity index (χ1v) is 10.7. The molecule has 7 N–H and O–H groups in total. The van der Waals surface area contributed by atoms with Crippen LogP contribution in [-0.4, -0.2) is 59.4 Å². The molecule has 14 heteroatoms. The average Bonchev–Trinajstić information content (AvgIpc) is 3.34. The van der Waals surface area contributed by atoms with E-state index in [1.54, 1.807) is 7.11 Å². The van der Waals surface area contributed by atoms with Gasteiger partial charge in [0.25, 0.3) is 5.56 Å². The van der Waals surface area contributed by atoms with Crippen molar-refractivity contribution < 1.29 is 28.8 Å². The summed E-state index contributed by atoms with van der Waals surface area (Å²) in [6, 6.07) is 5.93.